The van der Waals surface area contributed by atoms with E-state index in [2.05, 4.69) is 0 Å². The molecular weight excluding hydrogens is 132 g/mol. The van der Waals surface area contributed by atoms with Gasteiger partial charge in [-0.1, -0.05) is 0 Å². The van der Waals surface area contributed by atoms with Crippen LogP contribution >= 0.6 is 0 Å². The lowest BCUT2D eigenvalue weighted by molar-refractivity contribution is -0.141. The Balaban J connectivity index is 2.38. The third-order valence-electron chi connectivity index (χ3n) is 1.61. The maximum atomic E-state index is 10.6. The van der Waals surface area contributed by atoms with E-state index in [4.69, 9.17) is 16.2 Å². The Morgan fingerprint density at radius 2 is 2.40 bits per heavy atom. The van der Waals surface area contributed by atoms with Crippen molar-refractivity contribution in [3.8, 4) is 0 Å². The number of cyclic esters (lactones) is 1. The molecule has 4 heteroatoms. The third-order valence-corrected chi connectivity index (χ3v) is 1.61. The van der Waals surface area contributed by atoms with Gasteiger partial charge in [-0.3, -0.25) is 4.79 Å². The van der Waals surface area contributed by atoms with Gasteiger partial charge in [0.2, 0.25) is 0 Å². The molecule has 4 nitrogen and oxygen atoms in total. The van der Waals surface area contributed by atoms with Crippen LogP contribution in [-0.4, -0.2) is 24.7 Å². The molecular formula is C6H12N2O2. The highest BCUT2D eigenvalue weighted by molar-refractivity contribution is 5.72. The molecule has 1 saturated heterocycles. The smallest absolute Gasteiger partial charge is 0.307 e. The first-order valence-electron chi connectivity index (χ1n) is 3.39. The molecule has 10 heavy (non-hydrogen) atoms. The first-order chi connectivity index (χ1) is 4.74. The minimum absolute atomic E-state index is 0.141. The number of rotatable bonds is 2. The van der Waals surface area contributed by atoms with Crippen molar-refractivity contribution in [1.29, 1.82) is 0 Å². The van der Waals surface area contributed by atoms with Crippen molar-refractivity contribution in [2.75, 3.05) is 6.54 Å². The quantitative estimate of drug-likeness (QED) is 0.486. The molecule has 0 saturated carbocycles. The van der Waals surface area contributed by atoms with E-state index >= 15 is 0 Å². The predicted molar refractivity (Wildman–Crippen MR) is 36.1 cm³/mol. The molecule has 0 aromatic heterocycles. The number of carbonyl (C=O) groups is 1. The van der Waals surface area contributed by atoms with Gasteiger partial charge in [-0.05, 0) is 13.0 Å². The van der Waals surface area contributed by atoms with Crippen LogP contribution in [0.5, 0.6) is 0 Å². The monoisotopic (exact) mass is 144 g/mol. The fourth-order valence-corrected chi connectivity index (χ4v) is 1.07. The molecule has 0 amide bonds. The molecule has 0 unspecified atom stereocenters. The fourth-order valence-electron chi connectivity index (χ4n) is 1.07. The van der Waals surface area contributed by atoms with Crippen molar-refractivity contribution < 1.29 is 9.53 Å². The minimum Gasteiger partial charge on any atom is -0.461 e. The topological polar surface area (TPSA) is 78.3 Å². The van der Waals surface area contributed by atoms with Gasteiger partial charge in [0, 0.05) is 0 Å². The van der Waals surface area contributed by atoms with Crippen LogP contribution in [0.2, 0.25) is 0 Å². The minimum atomic E-state index is -0.203. The van der Waals surface area contributed by atoms with Crippen LogP contribution in [-0.2, 0) is 9.53 Å². The second-order valence-electron chi connectivity index (χ2n) is 2.47. The highest BCUT2D eigenvalue weighted by Crippen LogP contribution is 2.14. The Morgan fingerprint density at radius 1 is 1.70 bits per heavy atom. The van der Waals surface area contributed by atoms with E-state index in [1.54, 1.807) is 0 Å². The van der Waals surface area contributed by atoms with E-state index in [-0.39, 0.29) is 18.1 Å². The Hall–Kier alpha value is -0.610. The molecule has 1 fully saturated rings. The lowest BCUT2D eigenvalue weighted by Gasteiger charge is -2.10. The van der Waals surface area contributed by atoms with Crippen LogP contribution < -0.4 is 11.5 Å². The van der Waals surface area contributed by atoms with Gasteiger partial charge in [0.05, 0.1) is 12.5 Å². The summed E-state index contributed by atoms with van der Waals surface area (Å²) in [6.07, 6.45) is 0.870. The molecule has 0 aromatic rings. The molecule has 2 atom stereocenters. The number of hydrogen-bond donors (Lipinski definition) is 2. The second kappa shape index (κ2) is 2.98. The molecule has 1 aliphatic heterocycles. The van der Waals surface area contributed by atoms with Crippen molar-refractivity contribution in [1.82, 2.24) is 0 Å². The van der Waals surface area contributed by atoms with Gasteiger partial charge in [-0.15, -0.1) is 0 Å². The molecule has 4 N–H and O–H groups in total. The normalized spacial score (nSPS) is 32.4. The Labute approximate surface area is 59.5 Å². The predicted octanol–water partition coefficient (Wildman–Crippen LogP) is -1.02. The van der Waals surface area contributed by atoms with Gasteiger partial charge < -0.3 is 16.2 Å². The van der Waals surface area contributed by atoms with Gasteiger partial charge in [0.1, 0.15) is 6.10 Å². The van der Waals surface area contributed by atoms with Crippen LogP contribution in [0.15, 0.2) is 0 Å². The van der Waals surface area contributed by atoms with Crippen LogP contribution in [0.4, 0.5) is 0 Å². The number of carbonyl (C=O) groups excluding carboxylic acids is 1. The number of ether oxygens (including phenoxy) is 1. The molecule has 0 bridgehead atoms. The summed E-state index contributed by atoms with van der Waals surface area (Å²) in [7, 11) is 0. The summed E-state index contributed by atoms with van der Waals surface area (Å²) in [6.45, 7) is 0.519. The van der Waals surface area contributed by atoms with Gasteiger partial charge >= 0.3 is 5.97 Å². The summed E-state index contributed by atoms with van der Waals surface area (Å²) < 4.78 is 4.87. The summed E-state index contributed by atoms with van der Waals surface area (Å²) in [5.41, 5.74) is 10.8. The van der Waals surface area contributed by atoms with Crippen molar-refractivity contribution in [3.63, 3.8) is 0 Å². The van der Waals surface area contributed by atoms with Gasteiger partial charge in [-0.25, -0.2) is 0 Å². The maximum Gasteiger partial charge on any atom is 0.307 e. The molecule has 1 heterocycles. The largest absolute Gasteiger partial charge is 0.461 e. The average molecular weight is 144 g/mol. The van der Waals surface area contributed by atoms with E-state index in [0.29, 0.717) is 19.4 Å². The fraction of sp³-hybridized carbons (Fsp3) is 0.833. The van der Waals surface area contributed by atoms with Crippen LogP contribution in [0.25, 0.3) is 0 Å². The zero-order valence-electron chi connectivity index (χ0n) is 5.75. The zero-order chi connectivity index (χ0) is 7.56. The Kier molecular flexibility index (Phi) is 2.24. The van der Waals surface area contributed by atoms with E-state index in [0.717, 1.165) is 0 Å². The molecule has 0 aliphatic carbocycles. The molecule has 1 aliphatic rings. The second-order valence-corrected chi connectivity index (χ2v) is 2.47. The SMILES string of the molecule is NCC[C@@H]1OC(=O)C[C@H]1N. The first-order valence-corrected chi connectivity index (χ1v) is 3.39. The standard InChI is InChI=1S/C6H12N2O2/c7-2-1-5-4(8)3-6(9)10-5/h4-5H,1-3,7-8H2/t4-,5+/m1/s1. The molecule has 0 aromatic carbocycles. The third kappa shape index (κ3) is 1.46. The molecule has 58 valence electrons. The van der Waals surface area contributed by atoms with E-state index in [1.807, 2.05) is 0 Å². The van der Waals surface area contributed by atoms with Gasteiger partial charge in [0.15, 0.2) is 0 Å². The first kappa shape index (κ1) is 7.50. The van der Waals surface area contributed by atoms with Crippen molar-refractivity contribution >= 4 is 5.97 Å². The number of nitrogens with two attached hydrogens (primary N) is 2. The molecule has 1 rings (SSSR count). The zero-order valence-corrected chi connectivity index (χ0v) is 5.75. The highest BCUT2D eigenvalue weighted by atomic mass is 16.6. The lowest BCUT2D eigenvalue weighted by atomic mass is 10.1. The summed E-state index contributed by atoms with van der Waals surface area (Å²) in [4.78, 5) is 10.6. The summed E-state index contributed by atoms with van der Waals surface area (Å²) in [6, 6.07) is -0.143. The molecule has 0 spiro atoms. The van der Waals surface area contributed by atoms with Crippen LogP contribution in [0, 0.1) is 0 Å². The van der Waals surface area contributed by atoms with Crippen molar-refractivity contribution in [3.05, 3.63) is 0 Å². The number of hydrogen-bond acceptors (Lipinski definition) is 4. The summed E-state index contributed by atoms with van der Waals surface area (Å²) in [5.74, 6) is -0.203. The average Bonchev–Trinajstić information content (AvgIpc) is 2.13. The maximum absolute atomic E-state index is 10.6. The van der Waals surface area contributed by atoms with Crippen LogP contribution in [0.1, 0.15) is 12.8 Å². The van der Waals surface area contributed by atoms with E-state index < -0.39 is 0 Å². The van der Waals surface area contributed by atoms with Gasteiger partial charge in [0.25, 0.3) is 0 Å². The van der Waals surface area contributed by atoms with E-state index in [1.165, 1.54) is 0 Å². The Bertz CT molecular complexity index is 138. The number of esters is 1. The van der Waals surface area contributed by atoms with Crippen LogP contribution in [0.3, 0.4) is 0 Å². The summed E-state index contributed by atoms with van der Waals surface area (Å²) in [5, 5.41) is 0. The van der Waals surface area contributed by atoms with Crippen molar-refractivity contribution in [2.45, 2.75) is 25.0 Å². The highest BCUT2D eigenvalue weighted by Gasteiger charge is 2.30. The van der Waals surface area contributed by atoms with E-state index in [9.17, 15) is 4.79 Å². The van der Waals surface area contributed by atoms with Gasteiger partial charge in [-0.2, -0.15) is 0 Å². The lowest BCUT2D eigenvalue weighted by Crippen LogP contribution is -2.31. The summed E-state index contributed by atoms with van der Waals surface area (Å²) >= 11 is 0. The molecule has 0 radical (unpaired) electrons. The van der Waals surface area contributed by atoms with Crippen molar-refractivity contribution in [2.24, 2.45) is 11.5 Å². The Morgan fingerprint density at radius 3 is 2.80 bits per heavy atom.